The van der Waals surface area contributed by atoms with E-state index in [9.17, 15) is 4.79 Å². The van der Waals surface area contributed by atoms with Gasteiger partial charge in [-0.3, -0.25) is 4.79 Å². The molecule has 0 atom stereocenters. The Labute approximate surface area is 102 Å². The van der Waals surface area contributed by atoms with E-state index >= 15 is 0 Å². The van der Waals surface area contributed by atoms with Crippen molar-refractivity contribution in [3.63, 3.8) is 0 Å². The van der Waals surface area contributed by atoms with E-state index in [1.54, 1.807) is 0 Å². The SMILES string of the molecule is O=C(NCCc1ccccc1)C1CCOCC1. The first kappa shape index (κ1) is 12.1. The van der Waals surface area contributed by atoms with Crippen LogP contribution in [0.5, 0.6) is 0 Å². The van der Waals surface area contributed by atoms with Crippen LogP contribution in [-0.4, -0.2) is 25.7 Å². The summed E-state index contributed by atoms with van der Waals surface area (Å²) >= 11 is 0. The van der Waals surface area contributed by atoms with Crippen molar-refractivity contribution in [1.82, 2.24) is 5.32 Å². The van der Waals surface area contributed by atoms with Crippen molar-refractivity contribution in [2.45, 2.75) is 19.3 Å². The molecular weight excluding hydrogens is 214 g/mol. The molecule has 0 aliphatic carbocycles. The Morgan fingerprint density at radius 1 is 1.24 bits per heavy atom. The molecule has 1 saturated heterocycles. The van der Waals surface area contributed by atoms with Crippen LogP contribution in [0.3, 0.4) is 0 Å². The summed E-state index contributed by atoms with van der Waals surface area (Å²) in [6.07, 6.45) is 2.62. The van der Waals surface area contributed by atoms with Gasteiger partial charge in [0.2, 0.25) is 5.91 Å². The summed E-state index contributed by atoms with van der Waals surface area (Å²) in [5.41, 5.74) is 1.26. The summed E-state index contributed by atoms with van der Waals surface area (Å²) in [5.74, 6) is 0.337. The first-order valence-corrected chi connectivity index (χ1v) is 6.25. The highest BCUT2D eigenvalue weighted by Crippen LogP contribution is 2.14. The topological polar surface area (TPSA) is 38.3 Å². The molecule has 1 heterocycles. The third-order valence-corrected chi connectivity index (χ3v) is 3.15. The third kappa shape index (κ3) is 3.86. The van der Waals surface area contributed by atoms with Crippen molar-refractivity contribution >= 4 is 5.91 Å². The number of amides is 1. The second-order valence-corrected chi connectivity index (χ2v) is 4.41. The molecule has 92 valence electrons. The van der Waals surface area contributed by atoms with Gasteiger partial charge in [0.05, 0.1) is 0 Å². The molecule has 2 rings (SSSR count). The van der Waals surface area contributed by atoms with Crippen molar-refractivity contribution in [2.24, 2.45) is 5.92 Å². The summed E-state index contributed by atoms with van der Waals surface area (Å²) in [7, 11) is 0. The molecule has 0 aromatic heterocycles. The predicted octanol–water partition coefficient (Wildman–Crippen LogP) is 1.77. The normalized spacial score (nSPS) is 16.7. The Hall–Kier alpha value is -1.35. The molecule has 0 spiro atoms. The lowest BCUT2D eigenvalue weighted by molar-refractivity contribution is -0.127. The Balaban J connectivity index is 1.69. The molecule has 3 nitrogen and oxygen atoms in total. The van der Waals surface area contributed by atoms with Crippen LogP contribution >= 0.6 is 0 Å². The average Bonchev–Trinajstić information content (AvgIpc) is 2.41. The van der Waals surface area contributed by atoms with Crippen LogP contribution in [-0.2, 0) is 16.0 Å². The van der Waals surface area contributed by atoms with E-state index in [0.717, 1.165) is 39.0 Å². The Bertz CT molecular complexity index is 344. The molecule has 1 N–H and O–H groups in total. The summed E-state index contributed by atoms with van der Waals surface area (Å²) in [6.45, 7) is 2.16. The van der Waals surface area contributed by atoms with Crippen molar-refractivity contribution < 1.29 is 9.53 Å². The summed E-state index contributed by atoms with van der Waals surface area (Å²) in [5, 5.41) is 3.01. The highest BCUT2D eigenvalue weighted by Gasteiger charge is 2.20. The summed E-state index contributed by atoms with van der Waals surface area (Å²) < 4.78 is 5.24. The molecule has 1 aliphatic heterocycles. The van der Waals surface area contributed by atoms with Crippen LogP contribution < -0.4 is 5.32 Å². The number of ether oxygens (including phenoxy) is 1. The van der Waals surface area contributed by atoms with Crippen LogP contribution in [0, 0.1) is 5.92 Å². The van der Waals surface area contributed by atoms with Gasteiger partial charge in [0.15, 0.2) is 0 Å². The van der Waals surface area contributed by atoms with Gasteiger partial charge in [-0.05, 0) is 24.8 Å². The highest BCUT2D eigenvalue weighted by atomic mass is 16.5. The minimum Gasteiger partial charge on any atom is -0.381 e. The first-order valence-electron chi connectivity index (χ1n) is 6.25. The molecule has 1 aromatic rings. The van der Waals surface area contributed by atoms with Gasteiger partial charge in [0.25, 0.3) is 0 Å². The Kier molecular flexibility index (Phi) is 4.56. The second kappa shape index (κ2) is 6.40. The molecule has 0 unspecified atom stereocenters. The van der Waals surface area contributed by atoms with E-state index in [2.05, 4.69) is 17.4 Å². The lowest BCUT2D eigenvalue weighted by Crippen LogP contribution is -2.35. The largest absolute Gasteiger partial charge is 0.381 e. The van der Waals surface area contributed by atoms with E-state index in [4.69, 9.17) is 4.74 Å². The number of rotatable bonds is 4. The zero-order chi connectivity index (χ0) is 11.9. The van der Waals surface area contributed by atoms with Crippen LogP contribution in [0.25, 0.3) is 0 Å². The van der Waals surface area contributed by atoms with Crippen LogP contribution in [0.1, 0.15) is 18.4 Å². The smallest absolute Gasteiger partial charge is 0.223 e. The van der Waals surface area contributed by atoms with Crippen molar-refractivity contribution in [3.05, 3.63) is 35.9 Å². The third-order valence-electron chi connectivity index (χ3n) is 3.15. The average molecular weight is 233 g/mol. The monoisotopic (exact) mass is 233 g/mol. The van der Waals surface area contributed by atoms with E-state index < -0.39 is 0 Å². The second-order valence-electron chi connectivity index (χ2n) is 4.41. The molecule has 1 fully saturated rings. The van der Waals surface area contributed by atoms with Crippen LogP contribution in [0.2, 0.25) is 0 Å². The van der Waals surface area contributed by atoms with Crippen LogP contribution in [0.15, 0.2) is 30.3 Å². The van der Waals surface area contributed by atoms with Gasteiger partial charge in [0, 0.05) is 25.7 Å². The van der Waals surface area contributed by atoms with Gasteiger partial charge in [-0.25, -0.2) is 0 Å². The molecule has 1 aliphatic rings. The predicted molar refractivity (Wildman–Crippen MR) is 66.7 cm³/mol. The summed E-state index contributed by atoms with van der Waals surface area (Å²) in [6, 6.07) is 10.2. The minimum atomic E-state index is 0.152. The maximum Gasteiger partial charge on any atom is 0.223 e. The number of hydrogen-bond acceptors (Lipinski definition) is 2. The number of benzene rings is 1. The molecule has 0 radical (unpaired) electrons. The number of carbonyl (C=O) groups is 1. The van der Waals surface area contributed by atoms with Gasteiger partial charge in [-0.1, -0.05) is 30.3 Å². The van der Waals surface area contributed by atoms with Gasteiger partial charge < -0.3 is 10.1 Å². The standard InChI is InChI=1S/C14H19NO2/c16-14(13-7-10-17-11-8-13)15-9-6-12-4-2-1-3-5-12/h1-5,13H,6-11H2,(H,15,16). The molecule has 0 bridgehead atoms. The fourth-order valence-electron chi connectivity index (χ4n) is 2.08. The van der Waals surface area contributed by atoms with Gasteiger partial charge >= 0.3 is 0 Å². The lowest BCUT2D eigenvalue weighted by Gasteiger charge is -2.21. The molecule has 1 amide bonds. The van der Waals surface area contributed by atoms with E-state index in [1.165, 1.54) is 5.56 Å². The Morgan fingerprint density at radius 3 is 2.65 bits per heavy atom. The lowest BCUT2D eigenvalue weighted by atomic mass is 9.99. The quantitative estimate of drug-likeness (QED) is 0.860. The zero-order valence-corrected chi connectivity index (χ0v) is 10.0. The van der Waals surface area contributed by atoms with Gasteiger partial charge in [-0.2, -0.15) is 0 Å². The fraction of sp³-hybridized carbons (Fsp3) is 0.500. The zero-order valence-electron chi connectivity index (χ0n) is 10.0. The van der Waals surface area contributed by atoms with Crippen molar-refractivity contribution in [3.8, 4) is 0 Å². The molecule has 0 saturated carbocycles. The number of carbonyl (C=O) groups excluding carboxylic acids is 1. The molecule has 1 aromatic carbocycles. The fourth-order valence-corrected chi connectivity index (χ4v) is 2.08. The maximum atomic E-state index is 11.8. The van der Waals surface area contributed by atoms with E-state index in [-0.39, 0.29) is 11.8 Å². The first-order chi connectivity index (χ1) is 8.36. The van der Waals surface area contributed by atoms with Gasteiger partial charge in [-0.15, -0.1) is 0 Å². The van der Waals surface area contributed by atoms with Crippen LogP contribution in [0.4, 0.5) is 0 Å². The van der Waals surface area contributed by atoms with E-state index in [0.29, 0.717) is 0 Å². The van der Waals surface area contributed by atoms with Crippen molar-refractivity contribution in [2.75, 3.05) is 19.8 Å². The molecular formula is C14H19NO2. The Morgan fingerprint density at radius 2 is 1.94 bits per heavy atom. The summed E-state index contributed by atoms with van der Waals surface area (Å²) in [4.78, 5) is 11.8. The van der Waals surface area contributed by atoms with Crippen molar-refractivity contribution in [1.29, 1.82) is 0 Å². The number of nitrogens with one attached hydrogen (secondary N) is 1. The van der Waals surface area contributed by atoms with E-state index in [1.807, 2.05) is 18.2 Å². The van der Waals surface area contributed by atoms with Gasteiger partial charge in [0.1, 0.15) is 0 Å². The molecule has 3 heteroatoms. The highest BCUT2D eigenvalue weighted by molar-refractivity contribution is 5.78. The molecule has 17 heavy (non-hydrogen) atoms. The maximum absolute atomic E-state index is 11.8. The minimum absolute atomic E-state index is 0.152. The number of hydrogen-bond donors (Lipinski definition) is 1.